The third-order valence-corrected chi connectivity index (χ3v) is 6.89. The Labute approximate surface area is 146 Å². The van der Waals surface area contributed by atoms with E-state index in [1.807, 2.05) is 0 Å². The molecule has 3 atom stereocenters. The number of hydrogen-bond donors (Lipinski definition) is 2. The number of carbonyl (C=O) groups excluding carboxylic acids is 1. The first-order chi connectivity index (χ1) is 10.6. The summed E-state index contributed by atoms with van der Waals surface area (Å²) in [7, 11) is 0. The van der Waals surface area contributed by atoms with Crippen LogP contribution in [-0.2, 0) is 9.53 Å². The quantitative estimate of drug-likeness (QED) is 0.779. The molecule has 4 nitrogen and oxygen atoms in total. The maximum absolute atomic E-state index is 12.7. The van der Waals surface area contributed by atoms with E-state index in [1.54, 1.807) is 0 Å². The van der Waals surface area contributed by atoms with Crippen molar-refractivity contribution in [2.24, 2.45) is 16.7 Å². The van der Waals surface area contributed by atoms with Gasteiger partial charge in [-0.25, -0.2) is 0 Å². The smallest absolute Gasteiger partial charge is 0.223 e. The molecule has 1 amide bonds. The maximum atomic E-state index is 12.7. The second-order valence-corrected chi connectivity index (χ2v) is 7.55. The Balaban J connectivity index is 0.00000192. The van der Waals surface area contributed by atoms with E-state index in [0.717, 1.165) is 45.4 Å². The third kappa shape index (κ3) is 3.14. The third-order valence-electron chi connectivity index (χ3n) is 6.89. The van der Waals surface area contributed by atoms with Crippen LogP contribution in [0.4, 0.5) is 0 Å². The Morgan fingerprint density at radius 1 is 1.22 bits per heavy atom. The SMILES string of the molecule is CCOC1CC(NC(=O)C2CC23CCNCC3)C1(CC)CC.Cl. The number of ether oxygens (including phenoxy) is 1. The van der Waals surface area contributed by atoms with E-state index in [1.165, 1.54) is 12.8 Å². The average molecular weight is 345 g/mol. The van der Waals surface area contributed by atoms with Gasteiger partial charge in [0.25, 0.3) is 0 Å². The largest absolute Gasteiger partial charge is 0.378 e. The van der Waals surface area contributed by atoms with Crippen molar-refractivity contribution in [2.75, 3.05) is 19.7 Å². The van der Waals surface area contributed by atoms with Crippen LogP contribution in [0.1, 0.15) is 59.3 Å². The molecular formula is C18H33ClN2O2. The van der Waals surface area contributed by atoms with Crippen molar-refractivity contribution in [1.82, 2.24) is 10.6 Å². The molecule has 0 aromatic heterocycles. The van der Waals surface area contributed by atoms with Crippen molar-refractivity contribution < 1.29 is 9.53 Å². The molecule has 1 heterocycles. The van der Waals surface area contributed by atoms with E-state index < -0.39 is 0 Å². The fraction of sp³-hybridized carbons (Fsp3) is 0.944. The molecule has 0 aromatic carbocycles. The van der Waals surface area contributed by atoms with Gasteiger partial charge in [0.1, 0.15) is 0 Å². The summed E-state index contributed by atoms with van der Waals surface area (Å²) in [4.78, 5) is 12.7. The van der Waals surface area contributed by atoms with Crippen molar-refractivity contribution in [3.05, 3.63) is 0 Å². The minimum atomic E-state index is 0. The zero-order valence-electron chi connectivity index (χ0n) is 14.8. The summed E-state index contributed by atoms with van der Waals surface area (Å²) < 4.78 is 5.91. The van der Waals surface area contributed by atoms with Crippen LogP contribution in [0, 0.1) is 16.7 Å². The average Bonchev–Trinajstić information content (AvgIpc) is 3.21. The zero-order chi connectivity index (χ0) is 15.8. The summed E-state index contributed by atoms with van der Waals surface area (Å²) in [6.45, 7) is 9.46. The van der Waals surface area contributed by atoms with Gasteiger partial charge in [-0.1, -0.05) is 13.8 Å². The lowest BCUT2D eigenvalue weighted by atomic mass is 9.58. The highest BCUT2D eigenvalue weighted by Crippen LogP contribution is 2.59. The van der Waals surface area contributed by atoms with Gasteiger partial charge in [-0.05, 0) is 64.0 Å². The molecule has 3 unspecified atom stereocenters. The van der Waals surface area contributed by atoms with Crippen LogP contribution >= 0.6 is 12.4 Å². The molecule has 3 rings (SSSR count). The van der Waals surface area contributed by atoms with Crippen LogP contribution in [0.25, 0.3) is 0 Å². The van der Waals surface area contributed by atoms with Crippen LogP contribution in [0.15, 0.2) is 0 Å². The molecule has 134 valence electrons. The summed E-state index contributed by atoms with van der Waals surface area (Å²) in [6, 6.07) is 0.311. The van der Waals surface area contributed by atoms with Crippen molar-refractivity contribution in [3.63, 3.8) is 0 Å². The lowest BCUT2D eigenvalue weighted by Gasteiger charge is -2.55. The molecule has 23 heavy (non-hydrogen) atoms. The number of amides is 1. The molecule has 1 spiro atoms. The predicted octanol–water partition coefficient (Wildman–Crippen LogP) is 2.90. The monoisotopic (exact) mass is 344 g/mol. The van der Waals surface area contributed by atoms with Gasteiger partial charge >= 0.3 is 0 Å². The van der Waals surface area contributed by atoms with Gasteiger partial charge in [0.2, 0.25) is 5.91 Å². The second kappa shape index (κ2) is 7.28. The summed E-state index contributed by atoms with van der Waals surface area (Å²) in [5.74, 6) is 0.584. The van der Waals surface area contributed by atoms with E-state index in [-0.39, 0.29) is 23.7 Å². The summed E-state index contributed by atoms with van der Waals surface area (Å²) in [5.41, 5.74) is 0.487. The Kier molecular flexibility index (Phi) is 6.02. The minimum Gasteiger partial charge on any atom is -0.378 e. The number of hydrogen-bond acceptors (Lipinski definition) is 3. The molecule has 0 radical (unpaired) electrons. The topological polar surface area (TPSA) is 50.4 Å². The van der Waals surface area contributed by atoms with Gasteiger partial charge in [-0.15, -0.1) is 12.4 Å². The molecule has 3 aliphatic rings. The van der Waals surface area contributed by atoms with Crippen molar-refractivity contribution >= 4 is 18.3 Å². The second-order valence-electron chi connectivity index (χ2n) is 7.55. The van der Waals surface area contributed by atoms with Crippen LogP contribution in [-0.4, -0.2) is 37.7 Å². The van der Waals surface area contributed by atoms with Gasteiger partial charge < -0.3 is 15.4 Å². The molecule has 2 saturated carbocycles. The Morgan fingerprint density at radius 3 is 2.43 bits per heavy atom. The van der Waals surface area contributed by atoms with Gasteiger partial charge in [0.15, 0.2) is 0 Å². The first kappa shape index (κ1) is 19.0. The van der Waals surface area contributed by atoms with Crippen molar-refractivity contribution in [2.45, 2.75) is 71.4 Å². The fourth-order valence-electron chi connectivity index (χ4n) is 5.05. The molecule has 2 aliphatic carbocycles. The molecule has 0 bridgehead atoms. The van der Waals surface area contributed by atoms with Gasteiger partial charge in [-0.2, -0.15) is 0 Å². The van der Waals surface area contributed by atoms with E-state index in [0.29, 0.717) is 23.5 Å². The Morgan fingerprint density at radius 2 is 1.87 bits per heavy atom. The van der Waals surface area contributed by atoms with Gasteiger partial charge in [0.05, 0.1) is 6.10 Å². The predicted molar refractivity (Wildman–Crippen MR) is 94.9 cm³/mol. The summed E-state index contributed by atoms with van der Waals surface area (Å²) in [6.07, 6.45) is 6.92. The first-order valence-corrected chi connectivity index (χ1v) is 9.24. The maximum Gasteiger partial charge on any atom is 0.223 e. The number of rotatable bonds is 6. The van der Waals surface area contributed by atoms with Crippen LogP contribution < -0.4 is 10.6 Å². The standard InChI is InChI=1S/C18H32N2O2.ClH/c1-4-18(5-2)14(11-15(18)22-6-3)20-16(21)13-12-17(13)7-9-19-10-8-17;/h13-15,19H,4-12H2,1-3H3,(H,20,21);1H. The normalized spacial score (nSPS) is 33.4. The van der Waals surface area contributed by atoms with Crippen molar-refractivity contribution in [1.29, 1.82) is 0 Å². The van der Waals surface area contributed by atoms with E-state index in [2.05, 4.69) is 31.4 Å². The van der Waals surface area contributed by atoms with Crippen LogP contribution in [0.3, 0.4) is 0 Å². The molecule has 1 aliphatic heterocycles. The molecular weight excluding hydrogens is 312 g/mol. The lowest BCUT2D eigenvalue weighted by molar-refractivity contribution is -0.149. The molecule has 2 N–H and O–H groups in total. The van der Waals surface area contributed by atoms with Crippen molar-refractivity contribution in [3.8, 4) is 0 Å². The highest BCUT2D eigenvalue weighted by Gasteiger charge is 2.60. The number of piperidine rings is 1. The molecule has 0 aromatic rings. The van der Waals surface area contributed by atoms with Gasteiger partial charge in [0, 0.05) is 24.0 Å². The highest BCUT2D eigenvalue weighted by atomic mass is 35.5. The van der Waals surface area contributed by atoms with E-state index >= 15 is 0 Å². The first-order valence-electron chi connectivity index (χ1n) is 9.24. The zero-order valence-corrected chi connectivity index (χ0v) is 15.6. The Bertz CT molecular complexity index is 419. The minimum absolute atomic E-state index is 0. The number of carbonyl (C=O) groups is 1. The molecule has 1 saturated heterocycles. The fourth-order valence-corrected chi connectivity index (χ4v) is 5.05. The lowest BCUT2D eigenvalue weighted by Crippen LogP contribution is -2.64. The molecule has 5 heteroatoms. The van der Waals surface area contributed by atoms with Gasteiger partial charge in [-0.3, -0.25) is 4.79 Å². The highest BCUT2D eigenvalue weighted by molar-refractivity contribution is 5.85. The Hall–Kier alpha value is -0.320. The number of nitrogens with one attached hydrogen (secondary N) is 2. The number of halogens is 1. The van der Waals surface area contributed by atoms with E-state index in [4.69, 9.17) is 4.74 Å². The summed E-state index contributed by atoms with van der Waals surface area (Å²) in [5, 5.41) is 6.80. The van der Waals surface area contributed by atoms with Crippen LogP contribution in [0.2, 0.25) is 0 Å². The van der Waals surface area contributed by atoms with Crippen LogP contribution in [0.5, 0.6) is 0 Å². The summed E-state index contributed by atoms with van der Waals surface area (Å²) >= 11 is 0. The van der Waals surface area contributed by atoms with E-state index in [9.17, 15) is 4.79 Å². The molecule has 3 fully saturated rings.